The zero-order valence-corrected chi connectivity index (χ0v) is 14.9. The van der Waals surface area contributed by atoms with E-state index in [0.29, 0.717) is 11.9 Å². The number of benzene rings is 1. The van der Waals surface area contributed by atoms with Crippen LogP contribution in [0.4, 0.5) is 0 Å². The predicted octanol–water partition coefficient (Wildman–Crippen LogP) is 3.30. The van der Waals surface area contributed by atoms with Gasteiger partial charge in [-0.2, -0.15) is 0 Å². The van der Waals surface area contributed by atoms with Gasteiger partial charge in [0.05, 0.1) is 5.25 Å². The number of nitrogens with zero attached hydrogens (tertiary/aromatic N) is 1. The third-order valence-electron chi connectivity index (χ3n) is 4.89. The van der Waals surface area contributed by atoms with Crippen molar-refractivity contribution in [2.45, 2.75) is 49.7 Å². The van der Waals surface area contributed by atoms with Gasteiger partial charge in [-0.05, 0) is 50.6 Å². The molecule has 1 saturated carbocycles. The van der Waals surface area contributed by atoms with Crippen molar-refractivity contribution in [3.63, 3.8) is 0 Å². The third-order valence-corrected chi connectivity index (χ3v) is 6.09. The van der Waals surface area contributed by atoms with Crippen LogP contribution in [0.3, 0.4) is 0 Å². The largest absolute Gasteiger partial charge is 0.342 e. The molecule has 1 aromatic rings. The number of likely N-dealkylation sites (tertiary alicyclic amines) is 1. The van der Waals surface area contributed by atoms with Crippen LogP contribution in [0.1, 0.15) is 38.2 Å². The van der Waals surface area contributed by atoms with Gasteiger partial charge in [0.2, 0.25) is 5.91 Å². The highest BCUT2D eigenvalue weighted by atomic mass is 32.2. The molecule has 0 aromatic heterocycles. The first-order valence-electron chi connectivity index (χ1n) is 8.90. The van der Waals surface area contributed by atoms with Crippen LogP contribution in [0.5, 0.6) is 0 Å². The summed E-state index contributed by atoms with van der Waals surface area (Å²) in [6.07, 6.45) is 5.02. The van der Waals surface area contributed by atoms with Crippen molar-refractivity contribution >= 4 is 17.7 Å². The molecule has 1 aliphatic carbocycles. The lowest BCUT2D eigenvalue weighted by molar-refractivity contribution is -0.131. The Morgan fingerprint density at radius 2 is 1.91 bits per heavy atom. The van der Waals surface area contributed by atoms with Crippen LogP contribution in [0.2, 0.25) is 0 Å². The highest BCUT2D eigenvalue weighted by Gasteiger charge is 2.27. The molecule has 4 heteroatoms. The lowest BCUT2D eigenvalue weighted by Crippen LogP contribution is -2.47. The van der Waals surface area contributed by atoms with Crippen LogP contribution in [0.15, 0.2) is 30.3 Å². The Balaban J connectivity index is 1.37. The van der Waals surface area contributed by atoms with Gasteiger partial charge >= 0.3 is 0 Å². The van der Waals surface area contributed by atoms with Crippen LogP contribution in [0.25, 0.3) is 0 Å². The van der Waals surface area contributed by atoms with Gasteiger partial charge in [0.15, 0.2) is 0 Å². The fraction of sp³-hybridized carbons (Fsp3) is 0.632. The number of piperidine rings is 1. The standard InChI is InChI=1S/C19H28N2OS/c1-15(23-14-17-5-3-2-4-6-17)19(22)21-11-9-18(10-12-21)20-13-16-7-8-16/h2-6,15-16,18,20H,7-14H2,1H3. The van der Waals surface area contributed by atoms with E-state index in [1.807, 2.05) is 13.0 Å². The quantitative estimate of drug-likeness (QED) is 0.831. The Morgan fingerprint density at radius 1 is 1.22 bits per heavy atom. The molecule has 0 bridgehead atoms. The van der Waals surface area contributed by atoms with Crippen LogP contribution in [-0.2, 0) is 10.5 Å². The van der Waals surface area contributed by atoms with Crippen molar-refractivity contribution in [3.8, 4) is 0 Å². The molecular formula is C19H28N2OS. The summed E-state index contributed by atoms with van der Waals surface area (Å²) in [5, 5.41) is 3.72. The molecule has 3 nitrogen and oxygen atoms in total. The number of hydrogen-bond donors (Lipinski definition) is 1. The van der Waals surface area contributed by atoms with Crippen LogP contribution < -0.4 is 5.32 Å². The first-order chi connectivity index (χ1) is 11.2. The molecule has 1 heterocycles. The van der Waals surface area contributed by atoms with E-state index < -0.39 is 0 Å². The van der Waals surface area contributed by atoms with E-state index in [4.69, 9.17) is 0 Å². The molecule has 1 aliphatic heterocycles. The van der Waals surface area contributed by atoms with Gasteiger partial charge in [0.25, 0.3) is 0 Å². The first kappa shape index (κ1) is 16.8. The number of rotatable bonds is 7. The molecule has 0 spiro atoms. The Labute approximate surface area is 144 Å². The third kappa shape index (κ3) is 5.25. The van der Waals surface area contributed by atoms with Gasteiger partial charge in [0.1, 0.15) is 0 Å². The van der Waals surface area contributed by atoms with Crippen molar-refractivity contribution in [2.75, 3.05) is 19.6 Å². The fourth-order valence-corrected chi connectivity index (χ4v) is 4.01. The second kappa shape index (κ2) is 8.20. The molecule has 1 unspecified atom stereocenters. The van der Waals surface area contributed by atoms with E-state index in [-0.39, 0.29) is 5.25 Å². The van der Waals surface area contributed by atoms with E-state index >= 15 is 0 Å². The van der Waals surface area contributed by atoms with Crippen LogP contribution in [-0.4, -0.2) is 41.7 Å². The highest BCUT2D eigenvalue weighted by Crippen LogP contribution is 2.28. The van der Waals surface area contributed by atoms with Gasteiger partial charge in [-0.15, -0.1) is 11.8 Å². The molecule has 1 N–H and O–H groups in total. The zero-order valence-electron chi connectivity index (χ0n) is 14.0. The lowest BCUT2D eigenvalue weighted by atomic mass is 10.0. The van der Waals surface area contributed by atoms with E-state index in [1.165, 1.54) is 24.9 Å². The van der Waals surface area contributed by atoms with E-state index in [2.05, 4.69) is 34.5 Å². The molecule has 3 rings (SSSR count). The summed E-state index contributed by atoms with van der Waals surface area (Å²) in [7, 11) is 0. The molecule has 126 valence electrons. The predicted molar refractivity (Wildman–Crippen MR) is 97.5 cm³/mol. The molecular weight excluding hydrogens is 304 g/mol. The van der Waals surface area contributed by atoms with Gasteiger partial charge in [-0.3, -0.25) is 4.79 Å². The zero-order chi connectivity index (χ0) is 16.1. The molecule has 23 heavy (non-hydrogen) atoms. The fourth-order valence-electron chi connectivity index (χ4n) is 3.08. The molecule has 1 saturated heterocycles. The molecule has 1 amide bonds. The van der Waals surface area contributed by atoms with E-state index in [9.17, 15) is 4.79 Å². The molecule has 2 fully saturated rings. The molecule has 1 atom stereocenters. The minimum absolute atomic E-state index is 0.0474. The van der Waals surface area contributed by atoms with Crippen molar-refractivity contribution in [2.24, 2.45) is 5.92 Å². The summed E-state index contributed by atoms with van der Waals surface area (Å²) < 4.78 is 0. The highest BCUT2D eigenvalue weighted by molar-refractivity contribution is 7.99. The van der Waals surface area contributed by atoms with Crippen molar-refractivity contribution in [1.82, 2.24) is 10.2 Å². The maximum Gasteiger partial charge on any atom is 0.235 e. The van der Waals surface area contributed by atoms with Gasteiger partial charge in [0, 0.05) is 24.9 Å². The van der Waals surface area contributed by atoms with Crippen molar-refractivity contribution in [1.29, 1.82) is 0 Å². The second-order valence-electron chi connectivity index (χ2n) is 6.89. The number of thioether (sulfide) groups is 1. The van der Waals surface area contributed by atoms with Crippen LogP contribution >= 0.6 is 11.8 Å². The monoisotopic (exact) mass is 332 g/mol. The molecule has 2 aliphatic rings. The Hall–Kier alpha value is -1.00. The minimum Gasteiger partial charge on any atom is -0.342 e. The topological polar surface area (TPSA) is 32.3 Å². The average Bonchev–Trinajstić information content (AvgIpc) is 3.43. The first-order valence-corrected chi connectivity index (χ1v) is 9.95. The maximum absolute atomic E-state index is 12.6. The molecule has 0 radical (unpaired) electrons. The van der Waals surface area contributed by atoms with Gasteiger partial charge in [-0.1, -0.05) is 30.3 Å². The summed E-state index contributed by atoms with van der Waals surface area (Å²) in [5.74, 6) is 2.16. The van der Waals surface area contributed by atoms with Crippen molar-refractivity contribution in [3.05, 3.63) is 35.9 Å². The maximum atomic E-state index is 12.6. The number of carbonyl (C=O) groups is 1. The summed E-state index contributed by atoms with van der Waals surface area (Å²) in [4.78, 5) is 14.7. The minimum atomic E-state index is 0.0474. The van der Waals surface area contributed by atoms with Gasteiger partial charge < -0.3 is 10.2 Å². The SMILES string of the molecule is CC(SCc1ccccc1)C(=O)N1CCC(NCC2CC2)CC1. The number of nitrogens with one attached hydrogen (secondary N) is 1. The summed E-state index contributed by atoms with van der Waals surface area (Å²) in [6.45, 7) is 5.06. The number of amides is 1. The average molecular weight is 333 g/mol. The number of carbonyl (C=O) groups excluding carboxylic acids is 1. The van der Waals surface area contributed by atoms with Crippen LogP contribution in [0, 0.1) is 5.92 Å². The van der Waals surface area contributed by atoms with E-state index in [0.717, 1.165) is 37.6 Å². The summed E-state index contributed by atoms with van der Waals surface area (Å²) >= 11 is 1.75. The Kier molecular flexibility index (Phi) is 6.01. The summed E-state index contributed by atoms with van der Waals surface area (Å²) in [6, 6.07) is 11.0. The van der Waals surface area contributed by atoms with Crippen molar-refractivity contribution < 1.29 is 4.79 Å². The smallest absolute Gasteiger partial charge is 0.235 e. The number of hydrogen-bond acceptors (Lipinski definition) is 3. The Bertz CT molecular complexity index is 495. The summed E-state index contributed by atoms with van der Waals surface area (Å²) in [5.41, 5.74) is 1.29. The normalized spacial score (nSPS) is 20.5. The molecule has 1 aromatic carbocycles. The van der Waals surface area contributed by atoms with E-state index in [1.54, 1.807) is 11.8 Å². The lowest BCUT2D eigenvalue weighted by Gasteiger charge is -2.34. The van der Waals surface area contributed by atoms with Gasteiger partial charge in [-0.25, -0.2) is 0 Å². The Morgan fingerprint density at radius 3 is 2.57 bits per heavy atom. The second-order valence-corrected chi connectivity index (χ2v) is 8.22.